The van der Waals surface area contributed by atoms with Crippen LogP contribution < -0.4 is 0 Å². The molecular weight excluding hydrogens is 392 g/mol. The van der Waals surface area contributed by atoms with Gasteiger partial charge >= 0.3 is 0 Å². The van der Waals surface area contributed by atoms with Crippen molar-refractivity contribution in [2.75, 3.05) is 0 Å². The summed E-state index contributed by atoms with van der Waals surface area (Å²) < 4.78 is 0. The fourth-order valence-corrected chi connectivity index (χ4v) is 4.18. The molecule has 0 unspecified atom stereocenters. The summed E-state index contributed by atoms with van der Waals surface area (Å²) in [7, 11) is 0. The van der Waals surface area contributed by atoms with Crippen molar-refractivity contribution in [1.82, 2.24) is 9.97 Å². The summed E-state index contributed by atoms with van der Waals surface area (Å²) in [4.78, 5) is 16.2. The third-order valence-electron chi connectivity index (χ3n) is 5.80. The number of para-hydroxylation sites is 2. The molecular formula is C28H20N4. The predicted octanol–water partition coefficient (Wildman–Crippen LogP) is 7.30. The Labute approximate surface area is 185 Å². The van der Waals surface area contributed by atoms with Crippen molar-refractivity contribution >= 4 is 56.4 Å². The third-order valence-corrected chi connectivity index (χ3v) is 5.80. The van der Waals surface area contributed by atoms with Crippen LogP contribution in [0.25, 0.3) is 32.6 Å². The highest BCUT2D eigenvalue weighted by molar-refractivity contribution is 6.05. The van der Waals surface area contributed by atoms with Gasteiger partial charge in [-0.25, -0.2) is 0 Å². The van der Waals surface area contributed by atoms with Gasteiger partial charge in [-0.2, -0.15) is 0 Å². The summed E-state index contributed by atoms with van der Waals surface area (Å²) in [6, 6.07) is 28.9. The Morgan fingerprint density at radius 3 is 1.41 bits per heavy atom. The zero-order chi connectivity index (χ0) is 21.3. The highest BCUT2D eigenvalue weighted by Crippen LogP contribution is 2.33. The number of aromatic nitrogens is 2. The molecule has 2 heterocycles. The van der Waals surface area contributed by atoms with Gasteiger partial charge < -0.3 is 9.97 Å². The largest absolute Gasteiger partial charge is 0.361 e. The van der Waals surface area contributed by atoms with E-state index in [0.29, 0.717) is 0 Å². The minimum atomic E-state index is 0.928. The molecule has 6 rings (SSSR count). The predicted molar refractivity (Wildman–Crippen MR) is 135 cm³/mol. The van der Waals surface area contributed by atoms with E-state index in [-0.39, 0.29) is 0 Å². The van der Waals surface area contributed by atoms with E-state index >= 15 is 0 Å². The van der Waals surface area contributed by atoms with Crippen molar-refractivity contribution in [2.45, 2.75) is 0 Å². The van der Waals surface area contributed by atoms with Crippen LogP contribution in [-0.2, 0) is 0 Å². The molecule has 6 aromatic rings. The van der Waals surface area contributed by atoms with Crippen molar-refractivity contribution in [3.05, 3.63) is 108 Å². The second-order valence-corrected chi connectivity index (χ2v) is 7.74. The first kappa shape index (κ1) is 18.3. The lowest BCUT2D eigenvalue weighted by Gasteiger charge is -2.05. The van der Waals surface area contributed by atoms with E-state index in [4.69, 9.17) is 9.98 Å². The maximum absolute atomic E-state index is 4.82. The molecule has 0 saturated heterocycles. The minimum Gasteiger partial charge on any atom is -0.361 e. The molecule has 0 saturated carbocycles. The number of nitrogens with zero attached hydrogens (tertiary/aromatic N) is 2. The Hall–Kier alpha value is -4.44. The zero-order valence-corrected chi connectivity index (χ0v) is 17.3. The molecule has 4 heteroatoms. The van der Waals surface area contributed by atoms with Crippen LogP contribution in [0, 0.1) is 0 Å². The van der Waals surface area contributed by atoms with Gasteiger partial charge in [0.2, 0.25) is 0 Å². The molecule has 0 spiro atoms. The highest BCUT2D eigenvalue weighted by atomic mass is 14.8. The van der Waals surface area contributed by atoms with Crippen molar-refractivity contribution in [1.29, 1.82) is 0 Å². The summed E-state index contributed by atoms with van der Waals surface area (Å²) in [5.41, 5.74) is 6.23. The first-order valence-electron chi connectivity index (χ1n) is 10.6. The van der Waals surface area contributed by atoms with Crippen molar-refractivity contribution < 1.29 is 0 Å². The lowest BCUT2D eigenvalue weighted by Crippen LogP contribution is -1.81. The van der Waals surface area contributed by atoms with Gasteiger partial charge in [0.15, 0.2) is 0 Å². The second kappa shape index (κ2) is 7.67. The molecule has 4 nitrogen and oxygen atoms in total. The molecule has 2 N–H and O–H groups in total. The number of aliphatic imine (C=N–C) groups is 2. The van der Waals surface area contributed by atoms with Crippen LogP contribution in [0.4, 0.5) is 11.4 Å². The van der Waals surface area contributed by atoms with Gasteiger partial charge in [0.25, 0.3) is 0 Å². The Bertz CT molecular complexity index is 1510. The van der Waals surface area contributed by atoms with Crippen LogP contribution in [0.2, 0.25) is 0 Å². The Balaban J connectivity index is 1.38. The molecule has 0 aliphatic carbocycles. The summed E-state index contributed by atoms with van der Waals surface area (Å²) in [5.74, 6) is 0. The third kappa shape index (κ3) is 3.19. The van der Waals surface area contributed by atoms with Gasteiger partial charge in [-0.15, -0.1) is 0 Å². The van der Waals surface area contributed by atoms with Gasteiger partial charge in [0.1, 0.15) is 0 Å². The molecule has 0 aliphatic heterocycles. The maximum atomic E-state index is 4.82. The monoisotopic (exact) mass is 412 g/mol. The molecule has 0 amide bonds. The van der Waals surface area contributed by atoms with E-state index in [1.54, 1.807) is 0 Å². The number of rotatable bonds is 4. The molecule has 152 valence electrons. The number of H-pyrrole nitrogens is 2. The SMILES string of the molecule is C(=Nc1cccc2c(N=Cc3c[nH]c4ccccc34)cccc12)c1c[nH]c2ccccc12. The molecule has 0 atom stereocenters. The molecule has 0 aliphatic rings. The van der Waals surface area contributed by atoms with Gasteiger partial charge in [0.05, 0.1) is 11.4 Å². The number of hydrogen-bond donors (Lipinski definition) is 2. The van der Waals surface area contributed by atoms with E-state index in [2.05, 4.69) is 46.4 Å². The minimum absolute atomic E-state index is 0.928. The van der Waals surface area contributed by atoms with Gasteiger partial charge in [-0.05, 0) is 24.3 Å². The first-order valence-corrected chi connectivity index (χ1v) is 10.6. The molecule has 0 fully saturated rings. The Kier molecular flexibility index (Phi) is 4.40. The summed E-state index contributed by atoms with van der Waals surface area (Å²) in [6.07, 6.45) is 7.84. The Morgan fingerprint density at radius 2 is 0.906 bits per heavy atom. The van der Waals surface area contributed by atoms with E-state index in [0.717, 1.165) is 44.3 Å². The van der Waals surface area contributed by atoms with Crippen molar-refractivity contribution in [2.24, 2.45) is 9.98 Å². The average Bonchev–Trinajstić information content (AvgIpc) is 3.45. The molecule has 4 aromatic carbocycles. The van der Waals surface area contributed by atoms with E-state index < -0.39 is 0 Å². The average molecular weight is 412 g/mol. The van der Waals surface area contributed by atoms with Crippen LogP contribution in [0.15, 0.2) is 107 Å². The number of fused-ring (bicyclic) bond motifs is 3. The van der Waals surface area contributed by atoms with Crippen LogP contribution in [-0.4, -0.2) is 22.4 Å². The smallest absolute Gasteiger partial charge is 0.0709 e. The maximum Gasteiger partial charge on any atom is 0.0709 e. The second-order valence-electron chi connectivity index (χ2n) is 7.74. The zero-order valence-electron chi connectivity index (χ0n) is 17.3. The number of nitrogens with one attached hydrogen (secondary N) is 2. The highest BCUT2D eigenvalue weighted by Gasteiger charge is 2.05. The number of aromatic amines is 2. The lowest BCUT2D eigenvalue weighted by atomic mass is 10.1. The summed E-state index contributed by atoms with van der Waals surface area (Å²) in [5, 5.41) is 4.50. The lowest BCUT2D eigenvalue weighted by molar-refractivity contribution is 1.47. The van der Waals surface area contributed by atoms with Crippen molar-refractivity contribution in [3.63, 3.8) is 0 Å². The summed E-state index contributed by atoms with van der Waals surface area (Å²) >= 11 is 0. The van der Waals surface area contributed by atoms with Gasteiger partial charge in [-0.1, -0.05) is 60.7 Å². The first-order chi connectivity index (χ1) is 15.9. The number of benzene rings is 4. The molecule has 32 heavy (non-hydrogen) atoms. The molecule has 0 bridgehead atoms. The Morgan fingerprint density at radius 1 is 0.469 bits per heavy atom. The normalized spacial score (nSPS) is 12.1. The summed E-state index contributed by atoms with van der Waals surface area (Å²) in [6.45, 7) is 0. The molecule has 0 radical (unpaired) electrons. The van der Waals surface area contributed by atoms with E-state index in [1.165, 1.54) is 10.8 Å². The van der Waals surface area contributed by atoms with E-state index in [1.807, 2.05) is 73.4 Å². The van der Waals surface area contributed by atoms with E-state index in [9.17, 15) is 0 Å². The standard InChI is InChI=1S/C28H20N4/c1-3-11-25-21(7-1)19(15-29-25)17-31-27-13-5-10-24-23(27)9-6-14-28(24)32-18-20-16-30-26-12-4-2-8-22(20)26/h1-18,29-30H. The van der Waals surface area contributed by atoms with Crippen LogP contribution >= 0.6 is 0 Å². The van der Waals surface area contributed by atoms with Crippen LogP contribution in [0.5, 0.6) is 0 Å². The quantitative estimate of drug-likeness (QED) is 0.285. The van der Waals surface area contributed by atoms with Crippen LogP contribution in [0.1, 0.15) is 11.1 Å². The molecule has 2 aromatic heterocycles. The van der Waals surface area contributed by atoms with Crippen molar-refractivity contribution in [3.8, 4) is 0 Å². The fraction of sp³-hybridized carbons (Fsp3) is 0. The van der Waals surface area contributed by atoms with Gasteiger partial charge in [0, 0.05) is 68.5 Å². The van der Waals surface area contributed by atoms with Crippen LogP contribution in [0.3, 0.4) is 0 Å². The topological polar surface area (TPSA) is 56.3 Å². The van der Waals surface area contributed by atoms with Gasteiger partial charge in [-0.3, -0.25) is 9.98 Å². The number of hydrogen-bond acceptors (Lipinski definition) is 2. The fourth-order valence-electron chi connectivity index (χ4n) is 4.18.